The molecule has 1 aliphatic heterocycles. The zero-order valence-electron chi connectivity index (χ0n) is 12.1. The van der Waals surface area contributed by atoms with Gasteiger partial charge in [0.2, 0.25) is 0 Å². The van der Waals surface area contributed by atoms with Crippen molar-refractivity contribution < 1.29 is 18.7 Å². The van der Waals surface area contributed by atoms with Crippen molar-refractivity contribution in [1.82, 2.24) is 4.90 Å². The molecule has 0 atom stereocenters. The number of likely N-dealkylation sites (N-methyl/N-ethyl adjacent to an activating group) is 1. The molecule has 0 spiro atoms. The maximum atomic E-state index is 12.9. The average molecular weight is 289 g/mol. The van der Waals surface area contributed by atoms with Crippen LogP contribution in [-0.4, -0.2) is 30.4 Å². The minimum Gasteiger partial charge on any atom is -0.465 e. The highest BCUT2D eigenvalue weighted by Crippen LogP contribution is 2.31. The third-order valence-electron chi connectivity index (χ3n) is 3.40. The predicted octanol–water partition coefficient (Wildman–Crippen LogP) is 2.52. The van der Waals surface area contributed by atoms with Gasteiger partial charge in [-0.15, -0.1) is 0 Å². The molecule has 0 aromatic heterocycles. The highest BCUT2D eigenvalue weighted by Gasteiger charge is 2.35. The normalized spacial score (nSPS) is 16.9. The fraction of sp³-hybridized carbons (Fsp3) is 0.250. The second kappa shape index (κ2) is 5.91. The molecule has 1 aliphatic rings. The van der Waals surface area contributed by atoms with Crippen molar-refractivity contribution in [2.75, 3.05) is 13.7 Å². The van der Waals surface area contributed by atoms with E-state index in [-0.39, 0.29) is 22.9 Å². The number of hydrogen-bond acceptors (Lipinski definition) is 3. The quantitative estimate of drug-likeness (QED) is 0.634. The zero-order chi connectivity index (χ0) is 15.6. The molecule has 0 radical (unpaired) electrons. The van der Waals surface area contributed by atoms with Crippen molar-refractivity contribution in [2.45, 2.75) is 13.8 Å². The Hall–Kier alpha value is -2.43. The van der Waals surface area contributed by atoms with Gasteiger partial charge in [0.15, 0.2) is 0 Å². The van der Waals surface area contributed by atoms with Crippen molar-refractivity contribution in [3.05, 3.63) is 52.5 Å². The largest absolute Gasteiger partial charge is 0.465 e. The molecule has 2 rings (SSSR count). The average Bonchev–Trinajstić information content (AvgIpc) is 2.71. The standard InChI is InChI=1S/C16H16FNO3/c1-4-18-10(2)14(16(20)21-3)13(15(18)19)9-11-5-7-12(17)8-6-11/h5-9H,4H2,1-3H3/b13-9-. The van der Waals surface area contributed by atoms with Crippen LogP contribution in [0.15, 0.2) is 41.1 Å². The van der Waals surface area contributed by atoms with Crippen molar-refractivity contribution in [2.24, 2.45) is 0 Å². The second-order valence-electron chi connectivity index (χ2n) is 4.61. The second-order valence-corrected chi connectivity index (χ2v) is 4.61. The summed E-state index contributed by atoms with van der Waals surface area (Å²) in [5.74, 6) is -1.16. The molecular formula is C16H16FNO3. The van der Waals surface area contributed by atoms with E-state index in [2.05, 4.69) is 0 Å². The smallest absolute Gasteiger partial charge is 0.340 e. The summed E-state index contributed by atoms with van der Waals surface area (Å²) >= 11 is 0. The molecule has 0 saturated heterocycles. The molecule has 0 aliphatic carbocycles. The van der Waals surface area contributed by atoms with E-state index < -0.39 is 5.97 Å². The minimum absolute atomic E-state index is 0.250. The highest BCUT2D eigenvalue weighted by atomic mass is 19.1. The fourth-order valence-corrected chi connectivity index (χ4v) is 2.33. The lowest BCUT2D eigenvalue weighted by Gasteiger charge is -2.14. The molecule has 110 valence electrons. The van der Waals surface area contributed by atoms with Crippen LogP contribution in [0.5, 0.6) is 0 Å². The first-order valence-electron chi connectivity index (χ1n) is 6.58. The lowest BCUT2D eigenvalue weighted by atomic mass is 10.0. The van der Waals surface area contributed by atoms with Gasteiger partial charge in [0.1, 0.15) is 5.82 Å². The number of rotatable bonds is 3. The number of ether oxygens (including phenoxy) is 1. The Morgan fingerprint density at radius 3 is 2.48 bits per heavy atom. The topological polar surface area (TPSA) is 46.6 Å². The van der Waals surface area contributed by atoms with Crippen LogP contribution >= 0.6 is 0 Å². The molecule has 1 aromatic carbocycles. The molecule has 1 aromatic rings. The van der Waals surface area contributed by atoms with Gasteiger partial charge in [-0.2, -0.15) is 0 Å². The zero-order valence-corrected chi connectivity index (χ0v) is 12.1. The summed E-state index contributed by atoms with van der Waals surface area (Å²) in [6, 6.07) is 5.71. The van der Waals surface area contributed by atoms with E-state index in [1.54, 1.807) is 25.1 Å². The van der Waals surface area contributed by atoms with E-state index in [0.29, 0.717) is 17.8 Å². The van der Waals surface area contributed by atoms with Gasteiger partial charge < -0.3 is 9.64 Å². The van der Waals surface area contributed by atoms with Crippen molar-refractivity contribution in [3.63, 3.8) is 0 Å². The first-order chi connectivity index (χ1) is 9.99. The Morgan fingerprint density at radius 2 is 1.95 bits per heavy atom. The van der Waals surface area contributed by atoms with Crippen LogP contribution in [0.2, 0.25) is 0 Å². The van der Waals surface area contributed by atoms with E-state index in [1.165, 1.54) is 24.1 Å². The Balaban J connectivity index is 2.52. The van der Waals surface area contributed by atoms with E-state index in [9.17, 15) is 14.0 Å². The number of allylic oxidation sites excluding steroid dienone is 1. The summed E-state index contributed by atoms with van der Waals surface area (Å²) in [5, 5.41) is 0. The van der Waals surface area contributed by atoms with Crippen molar-refractivity contribution in [3.8, 4) is 0 Å². The van der Waals surface area contributed by atoms with Crippen molar-refractivity contribution in [1.29, 1.82) is 0 Å². The number of halogens is 1. The molecule has 21 heavy (non-hydrogen) atoms. The molecule has 0 N–H and O–H groups in total. The highest BCUT2D eigenvalue weighted by molar-refractivity contribution is 6.16. The van der Waals surface area contributed by atoms with E-state index in [4.69, 9.17) is 4.74 Å². The van der Waals surface area contributed by atoms with Gasteiger partial charge in [-0.05, 0) is 37.6 Å². The molecule has 0 bridgehead atoms. The van der Waals surface area contributed by atoms with Gasteiger partial charge in [0.25, 0.3) is 5.91 Å². The fourth-order valence-electron chi connectivity index (χ4n) is 2.33. The molecule has 1 heterocycles. The van der Waals surface area contributed by atoms with Gasteiger partial charge in [0.05, 0.1) is 18.3 Å². The number of nitrogens with zero attached hydrogens (tertiary/aromatic N) is 1. The number of methoxy groups -OCH3 is 1. The molecule has 5 heteroatoms. The Bertz CT molecular complexity index is 644. The lowest BCUT2D eigenvalue weighted by Crippen LogP contribution is -2.24. The van der Waals surface area contributed by atoms with Crippen LogP contribution in [0, 0.1) is 5.82 Å². The number of esters is 1. The molecule has 0 saturated carbocycles. The number of hydrogen-bond donors (Lipinski definition) is 0. The molecule has 1 amide bonds. The third-order valence-corrected chi connectivity index (χ3v) is 3.40. The third kappa shape index (κ3) is 2.72. The first kappa shape index (κ1) is 15.0. The Labute approximate surface area is 122 Å². The maximum Gasteiger partial charge on any atom is 0.340 e. The van der Waals surface area contributed by atoms with Gasteiger partial charge in [-0.1, -0.05) is 12.1 Å². The Kier molecular flexibility index (Phi) is 4.21. The number of carbonyl (C=O) groups is 2. The van der Waals surface area contributed by atoms with E-state index in [0.717, 1.165) is 0 Å². The summed E-state index contributed by atoms with van der Waals surface area (Å²) in [4.78, 5) is 25.8. The van der Waals surface area contributed by atoms with Crippen LogP contribution < -0.4 is 0 Å². The number of benzene rings is 1. The number of carbonyl (C=O) groups excluding carboxylic acids is 2. The molecule has 0 fully saturated rings. The summed E-state index contributed by atoms with van der Waals surface area (Å²) < 4.78 is 17.7. The molecule has 4 nitrogen and oxygen atoms in total. The lowest BCUT2D eigenvalue weighted by molar-refractivity contribution is -0.136. The number of amides is 1. The summed E-state index contributed by atoms with van der Waals surface area (Å²) in [6.45, 7) is 4.00. The Morgan fingerprint density at radius 1 is 1.33 bits per heavy atom. The van der Waals surface area contributed by atoms with Gasteiger partial charge in [-0.3, -0.25) is 4.79 Å². The van der Waals surface area contributed by atoms with Crippen molar-refractivity contribution >= 4 is 18.0 Å². The summed E-state index contributed by atoms with van der Waals surface area (Å²) in [5.41, 5.74) is 1.75. The first-order valence-corrected chi connectivity index (χ1v) is 6.58. The van der Waals surface area contributed by atoms with Crippen LogP contribution in [0.1, 0.15) is 19.4 Å². The van der Waals surface area contributed by atoms with E-state index in [1.807, 2.05) is 6.92 Å². The molecular weight excluding hydrogens is 273 g/mol. The summed E-state index contributed by atoms with van der Waals surface area (Å²) in [7, 11) is 1.28. The monoisotopic (exact) mass is 289 g/mol. The van der Waals surface area contributed by atoms with Gasteiger partial charge >= 0.3 is 5.97 Å². The van der Waals surface area contributed by atoms with Gasteiger partial charge in [-0.25, -0.2) is 9.18 Å². The SMILES string of the molecule is CCN1C(=O)/C(=C\c2ccc(F)cc2)C(C(=O)OC)=C1C. The predicted molar refractivity (Wildman–Crippen MR) is 76.5 cm³/mol. The van der Waals surface area contributed by atoms with Crippen LogP contribution in [0.3, 0.4) is 0 Å². The minimum atomic E-state index is -0.551. The van der Waals surface area contributed by atoms with Crippen LogP contribution in [-0.2, 0) is 14.3 Å². The summed E-state index contributed by atoms with van der Waals surface area (Å²) in [6.07, 6.45) is 1.58. The van der Waals surface area contributed by atoms with Gasteiger partial charge in [0, 0.05) is 12.2 Å². The van der Waals surface area contributed by atoms with Crippen LogP contribution in [0.4, 0.5) is 4.39 Å². The van der Waals surface area contributed by atoms with Crippen LogP contribution in [0.25, 0.3) is 6.08 Å². The molecule has 0 unspecified atom stereocenters. The maximum absolute atomic E-state index is 12.9. The van der Waals surface area contributed by atoms with E-state index >= 15 is 0 Å².